The lowest BCUT2D eigenvalue weighted by atomic mass is 9.95. The Morgan fingerprint density at radius 2 is 2.12 bits per heavy atom. The van der Waals surface area contributed by atoms with E-state index in [1.54, 1.807) is 53.6 Å². The van der Waals surface area contributed by atoms with Crippen LogP contribution in [0.2, 0.25) is 0 Å². The Labute approximate surface area is 149 Å². The van der Waals surface area contributed by atoms with E-state index in [2.05, 4.69) is 25.7 Å². The van der Waals surface area contributed by atoms with E-state index in [1.807, 2.05) is 13.0 Å². The van der Waals surface area contributed by atoms with Crippen LogP contribution in [0.15, 0.2) is 66.3 Å². The van der Waals surface area contributed by atoms with Gasteiger partial charge in [-0.05, 0) is 36.8 Å². The number of hydrogen-bond donors (Lipinski definition) is 4. The van der Waals surface area contributed by atoms with Crippen LogP contribution in [0.1, 0.15) is 18.5 Å². The first-order chi connectivity index (χ1) is 12.6. The van der Waals surface area contributed by atoms with Crippen LogP contribution >= 0.6 is 0 Å². The number of allylic oxidation sites excluding steroid dienone is 1. The van der Waals surface area contributed by atoms with Crippen molar-refractivity contribution in [1.82, 2.24) is 15.1 Å². The van der Waals surface area contributed by atoms with Crippen LogP contribution in [0.3, 0.4) is 0 Å². The number of rotatable bonds is 3. The van der Waals surface area contributed by atoms with Crippen LogP contribution in [0.4, 0.5) is 11.8 Å². The molecule has 0 aliphatic carbocycles. The summed E-state index contributed by atoms with van der Waals surface area (Å²) in [6, 6.07) is 11.7. The first kappa shape index (κ1) is 15.8. The Morgan fingerprint density at radius 1 is 1.23 bits per heavy atom. The number of carbonyl (C=O) groups is 1. The minimum Gasteiger partial charge on any atom is -0.508 e. The zero-order chi connectivity index (χ0) is 18.1. The highest BCUT2D eigenvalue weighted by atomic mass is 16.3. The van der Waals surface area contributed by atoms with Gasteiger partial charge in [-0.1, -0.05) is 23.2 Å². The summed E-state index contributed by atoms with van der Waals surface area (Å²) in [5.41, 5.74) is 1.94. The first-order valence-electron chi connectivity index (χ1n) is 8.07. The summed E-state index contributed by atoms with van der Waals surface area (Å²) >= 11 is 0. The number of amides is 1. The van der Waals surface area contributed by atoms with Crippen molar-refractivity contribution in [3.8, 4) is 5.75 Å². The van der Waals surface area contributed by atoms with E-state index < -0.39 is 6.04 Å². The maximum Gasteiger partial charge on any atom is 0.416 e. The molecule has 1 aliphatic rings. The van der Waals surface area contributed by atoms with Crippen molar-refractivity contribution >= 4 is 17.7 Å². The Hall–Kier alpha value is -3.68. The minimum atomic E-state index is -0.468. The molecule has 8 heteroatoms. The summed E-state index contributed by atoms with van der Waals surface area (Å²) in [5, 5.41) is 18.9. The number of aromatic amines is 1. The van der Waals surface area contributed by atoms with E-state index in [0.717, 1.165) is 5.56 Å². The number of aromatic nitrogens is 4. The molecule has 2 aromatic heterocycles. The number of anilines is 2. The van der Waals surface area contributed by atoms with Crippen molar-refractivity contribution in [3.05, 3.63) is 71.8 Å². The van der Waals surface area contributed by atoms with E-state index in [-0.39, 0.29) is 11.7 Å². The highest BCUT2D eigenvalue weighted by molar-refractivity contribution is 6.05. The van der Waals surface area contributed by atoms with E-state index in [4.69, 9.17) is 0 Å². The topological polar surface area (TPSA) is 107 Å². The molecule has 0 radical (unpaired) electrons. The van der Waals surface area contributed by atoms with E-state index >= 15 is 0 Å². The number of pyridine rings is 1. The predicted molar refractivity (Wildman–Crippen MR) is 94.2 cm³/mol. The molecular formula is C18H17N6O2+. The highest BCUT2D eigenvalue weighted by Crippen LogP contribution is 2.31. The molecule has 26 heavy (non-hydrogen) atoms. The van der Waals surface area contributed by atoms with Crippen molar-refractivity contribution in [2.24, 2.45) is 0 Å². The Morgan fingerprint density at radius 3 is 2.88 bits per heavy atom. The monoisotopic (exact) mass is 349 g/mol. The molecular weight excluding hydrogens is 332 g/mol. The number of hydrogen-bond acceptors (Lipinski definition) is 5. The van der Waals surface area contributed by atoms with Gasteiger partial charge >= 0.3 is 5.95 Å². The summed E-state index contributed by atoms with van der Waals surface area (Å²) in [5.74, 6) is 0.901. The molecule has 0 spiro atoms. The minimum absolute atomic E-state index is 0.129. The smallest absolute Gasteiger partial charge is 0.416 e. The van der Waals surface area contributed by atoms with Gasteiger partial charge in [0.15, 0.2) is 12.4 Å². The van der Waals surface area contributed by atoms with Crippen LogP contribution in [-0.2, 0) is 4.79 Å². The normalized spacial score (nSPS) is 16.0. The molecule has 4 rings (SSSR count). The van der Waals surface area contributed by atoms with Gasteiger partial charge in [0.25, 0.3) is 5.91 Å². The van der Waals surface area contributed by atoms with Crippen molar-refractivity contribution in [2.75, 3.05) is 10.6 Å². The molecule has 0 fully saturated rings. The van der Waals surface area contributed by atoms with Crippen LogP contribution in [0.25, 0.3) is 0 Å². The largest absolute Gasteiger partial charge is 0.508 e. The van der Waals surface area contributed by atoms with Gasteiger partial charge in [0.2, 0.25) is 0 Å². The molecule has 4 N–H and O–H groups in total. The quantitative estimate of drug-likeness (QED) is 0.539. The summed E-state index contributed by atoms with van der Waals surface area (Å²) < 4.78 is 1.75. The van der Waals surface area contributed by atoms with E-state index in [1.165, 1.54) is 0 Å². The zero-order valence-electron chi connectivity index (χ0n) is 14.0. The first-order valence-corrected chi connectivity index (χ1v) is 8.07. The van der Waals surface area contributed by atoms with Gasteiger partial charge in [0.1, 0.15) is 11.6 Å². The molecule has 1 unspecified atom stereocenters. The number of H-pyrrole nitrogens is 1. The number of benzene rings is 1. The number of fused-ring (bicyclic) bond motifs is 1. The molecule has 1 aromatic carbocycles. The second kappa shape index (κ2) is 6.32. The molecule has 3 heterocycles. The molecule has 0 bridgehead atoms. The fourth-order valence-corrected chi connectivity index (χ4v) is 3.06. The molecule has 1 aliphatic heterocycles. The van der Waals surface area contributed by atoms with Crippen molar-refractivity contribution in [3.63, 3.8) is 0 Å². The average Bonchev–Trinajstić information content (AvgIpc) is 3.09. The zero-order valence-corrected chi connectivity index (χ0v) is 14.0. The van der Waals surface area contributed by atoms with Crippen LogP contribution < -0.4 is 15.3 Å². The maximum atomic E-state index is 13.0. The third kappa shape index (κ3) is 2.77. The standard InChI is InChI=1S/C18H16N6O2/c1-11-15(17(26)23-14-7-2-3-8-19-14)16(12-5-4-6-13(25)9-12)24-18(22-11)20-10-21-24/h2-10,16H,1H3,(H3,19,20,21,22,23,25,26)/p+1. The summed E-state index contributed by atoms with van der Waals surface area (Å²) in [6.07, 6.45) is 3.16. The molecule has 8 nitrogen and oxygen atoms in total. The fraction of sp³-hybridized carbons (Fsp3) is 0.111. The second-order valence-corrected chi connectivity index (χ2v) is 5.91. The van der Waals surface area contributed by atoms with Crippen LogP contribution in [0.5, 0.6) is 5.75 Å². The van der Waals surface area contributed by atoms with Crippen molar-refractivity contribution < 1.29 is 14.6 Å². The Bertz CT molecular complexity index is 996. The number of aromatic hydroxyl groups is 1. The summed E-state index contributed by atoms with van der Waals surface area (Å²) in [7, 11) is 0. The Balaban J connectivity index is 1.78. The van der Waals surface area contributed by atoms with Gasteiger partial charge in [0, 0.05) is 6.20 Å². The number of phenols is 1. The number of carbonyl (C=O) groups excluding carboxylic acids is 1. The van der Waals surface area contributed by atoms with Gasteiger partial charge < -0.3 is 10.4 Å². The van der Waals surface area contributed by atoms with Crippen LogP contribution in [-0.4, -0.2) is 26.1 Å². The summed E-state index contributed by atoms with van der Waals surface area (Å²) in [4.78, 5) is 21.4. The Kier molecular flexibility index (Phi) is 3.85. The molecule has 130 valence electrons. The van der Waals surface area contributed by atoms with Crippen molar-refractivity contribution in [2.45, 2.75) is 13.0 Å². The average molecular weight is 349 g/mol. The highest BCUT2D eigenvalue weighted by Gasteiger charge is 2.38. The molecule has 1 atom stereocenters. The fourth-order valence-electron chi connectivity index (χ4n) is 3.06. The lowest BCUT2D eigenvalue weighted by Crippen LogP contribution is -2.50. The van der Waals surface area contributed by atoms with Gasteiger partial charge in [-0.2, -0.15) is 0 Å². The third-order valence-electron chi connectivity index (χ3n) is 4.18. The van der Waals surface area contributed by atoms with Gasteiger partial charge in [0.05, 0.1) is 11.3 Å². The van der Waals surface area contributed by atoms with Crippen molar-refractivity contribution in [1.29, 1.82) is 0 Å². The molecule has 0 saturated carbocycles. The number of phenolic OH excluding ortho intramolecular Hbond substituents is 1. The lowest BCUT2D eigenvalue weighted by molar-refractivity contribution is -0.746. The van der Waals surface area contributed by atoms with Gasteiger partial charge in [-0.3, -0.25) is 4.79 Å². The number of nitrogens with zero attached hydrogens (tertiary/aromatic N) is 3. The second-order valence-electron chi connectivity index (χ2n) is 5.91. The molecule has 0 saturated heterocycles. The molecule has 1 amide bonds. The van der Waals surface area contributed by atoms with Crippen LogP contribution in [0, 0.1) is 0 Å². The van der Waals surface area contributed by atoms with Gasteiger partial charge in [-0.15, -0.1) is 4.68 Å². The third-order valence-corrected chi connectivity index (χ3v) is 4.18. The lowest BCUT2D eigenvalue weighted by Gasteiger charge is -2.24. The molecule has 3 aromatic rings. The number of nitrogens with one attached hydrogen (secondary N) is 3. The van der Waals surface area contributed by atoms with Gasteiger partial charge in [-0.25, -0.2) is 15.4 Å². The van der Waals surface area contributed by atoms with E-state index in [9.17, 15) is 9.90 Å². The SMILES string of the molecule is CC1=C(C(=O)Nc2ccccn2)C(c2cccc(O)c2)[n+]2[nH]cnc2N1. The van der Waals surface area contributed by atoms with E-state index in [0.29, 0.717) is 23.0 Å². The summed E-state index contributed by atoms with van der Waals surface area (Å²) in [6.45, 7) is 1.82. The maximum absolute atomic E-state index is 13.0. The predicted octanol–water partition coefficient (Wildman–Crippen LogP) is 1.73.